The first-order valence-electron chi connectivity index (χ1n) is 8.58. The molecular formula is C17H26N2O. The zero-order chi connectivity index (χ0) is 13.5. The minimum absolute atomic E-state index is 0.231. The molecule has 110 valence electrons. The highest BCUT2D eigenvalue weighted by Gasteiger charge is 2.42. The predicted molar refractivity (Wildman–Crippen MR) is 79.5 cm³/mol. The molecule has 0 aromatic rings. The molecule has 3 heteroatoms. The van der Waals surface area contributed by atoms with Gasteiger partial charge in [-0.1, -0.05) is 24.5 Å². The van der Waals surface area contributed by atoms with Gasteiger partial charge in [0.05, 0.1) is 0 Å². The molecule has 2 aliphatic carbocycles. The molecule has 20 heavy (non-hydrogen) atoms. The van der Waals surface area contributed by atoms with E-state index >= 15 is 0 Å². The third-order valence-corrected chi connectivity index (χ3v) is 5.63. The van der Waals surface area contributed by atoms with Crippen LogP contribution in [0, 0.1) is 5.92 Å². The van der Waals surface area contributed by atoms with E-state index in [9.17, 15) is 4.79 Å². The standard InChI is InChI=1S/C17H26N2O/c20-17(18-14-3-1-2-4-14)19-15-7-8-16(19)11-13(10-15)9-12-5-6-12/h9,12,14-16H,1-8,10-11H2,(H,18,20). The lowest BCUT2D eigenvalue weighted by atomic mass is 9.96. The minimum Gasteiger partial charge on any atom is -0.335 e. The van der Waals surface area contributed by atoms with Gasteiger partial charge in [-0.2, -0.15) is 0 Å². The van der Waals surface area contributed by atoms with Crippen molar-refractivity contribution in [2.75, 3.05) is 0 Å². The topological polar surface area (TPSA) is 32.3 Å². The van der Waals surface area contributed by atoms with Gasteiger partial charge in [-0.15, -0.1) is 0 Å². The number of rotatable bonds is 2. The summed E-state index contributed by atoms with van der Waals surface area (Å²) in [6.07, 6.45) is 15.0. The Labute approximate surface area is 121 Å². The maximum atomic E-state index is 12.6. The number of hydrogen-bond donors (Lipinski definition) is 1. The van der Waals surface area contributed by atoms with Crippen LogP contribution in [-0.2, 0) is 0 Å². The highest BCUT2D eigenvalue weighted by Crippen LogP contribution is 2.41. The Kier molecular flexibility index (Phi) is 3.24. The second-order valence-corrected chi connectivity index (χ2v) is 7.29. The van der Waals surface area contributed by atoms with Gasteiger partial charge in [0, 0.05) is 18.1 Å². The van der Waals surface area contributed by atoms with Crippen molar-refractivity contribution in [2.45, 2.75) is 82.3 Å². The summed E-state index contributed by atoms with van der Waals surface area (Å²) < 4.78 is 0. The van der Waals surface area contributed by atoms with E-state index in [1.54, 1.807) is 5.57 Å². The van der Waals surface area contributed by atoms with Crippen LogP contribution in [0.2, 0.25) is 0 Å². The number of amides is 2. The van der Waals surface area contributed by atoms with E-state index in [1.807, 2.05) is 0 Å². The average molecular weight is 274 g/mol. The molecule has 0 aromatic carbocycles. The number of nitrogens with zero attached hydrogens (tertiary/aromatic N) is 1. The number of carbonyl (C=O) groups excluding carboxylic acids is 1. The van der Waals surface area contributed by atoms with Crippen LogP contribution in [0.25, 0.3) is 0 Å². The lowest BCUT2D eigenvalue weighted by Gasteiger charge is -2.37. The van der Waals surface area contributed by atoms with Crippen LogP contribution in [0.15, 0.2) is 11.6 Å². The predicted octanol–water partition coefficient (Wildman–Crippen LogP) is 3.60. The first-order chi connectivity index (χ1) is 9.79. The average Bonchev–Trinajstić information content (AvgIpc) is 3.00. The summed E-state index contributed by atoms with van der Waals surface area (Å²) in [5, 5.41) is 3.28. The Balaban J connectivity index is 1.40. The lowest BCUT2D eigenvalue weighted by molar-refractivity contribution is 0.157. The SMILES string of the molecule is O=C(NC1CCCC1)N1C2CCC1CC(=CC1CC1)C2. The Bertz CT molecular complexity index is 405. The van der Waals surface area contributed by atoms with Crippen molar-refractivity contribution < 1.29 is 4.79 Å². The maximum absolute atomic E-state index is 12.6. The minimum atomic E-state index is 0.231. The Morgan fingerprint density at radius 1 is 1.00 bits per heavy atom. The quantitative estimate of drug-likeness (QED) is 0.767. The van der Waals surface area contributed by atoms with E-state index in [1.165, 1.54) is 51.4 Å². The smallest absolute Gasteiger partial charge is 0.318 e. The maximum Gasteiger partial charge on any atom is 0.318 e. The van der Waals surface area contributed by atoms with E-state index < -0.39 is 0 Å². The van der Waals surface area contributed by atoms with Gasteiger partial charge in [0.1, 0.15) is 0 Å². The van der Waals surface area contributed by atoms with Gasteiger partial charge in [-0.05, 0) is 57.3 Å². The molecule has 4 fully saturated rings. The molecule has 2 atom stereocenters. The van der Waals surface area contributed by atoms with Crippen molar-refractivity contribution in [3.05, 3.63) is 11.6 Å². The van der Waals surface area contributed by atoms with Crippen molar-refractivity contribution in [2.24, 2.45) is 5.92 Å². The molecule has 0 radical (unpaired) electrons. The zero-order valence-electron chi connectivity index (χ0n) is 12.3. The normalized spacial score (nSPS) is 33.6. The number of allylic oxidation sites excluding steroid dienone is 1. The van der Waals surface area contributed by atoms with Crippen LogP contribution >= 0.6 is 0 Å². The van der Waals surface area contributed by atoms with Gasteiger partial charge in [-0.3, -0.25) is 0 Å². The van der Waals surface area contributed by atoms with Gasteiger partial charge >= 0.3 is 6.03 Å². The van der Waals surface area contributed by atoms with Crippen LogP contribution < -0.4 is 5.32 Å². The summed E-state index contributed by atoms with van der Waals surface area (Å²) in [4.78, 5) is 14.7. The molecule has 2 unspecified atom stereocenters. The van der Waals surface area contributed by atoms with Gasteiger partial charge in [-0.25, -0.2) is 4.79 Å². The molecule has 2 saturated heterocycles. The molecule has 0 spiro atoms. The molecule has 2 heterocycles. The summed E-state index contributed by atoms with van der Waals surface area (Å²) in [6, 6.07) is 1.65. The fourth-order valence-electron chi connectivity index (χ4n) is 4.43. The highest BCUT2D eigenvalue weighted by molar-refractivity contribution is 5.76. The largest absolute Gasteiger partial charge is 0.335 e. The number of urea groups is 1. The molecular weight excluding hydrogens is 248 g/mol. The Morgan fingerprint density at radius 3 is 2.25 bits per heavy atom. The second kappa shape index (κ2) is 5.09. The van der Waals surface area contributed by atoms with Gasteiger partial charge in [0.25, 0.3) is 0 Å². The molecule has 2 bridgehead atoms. The van der Waals surface area contributed by atoms with Gasteiger partial charge in [0.2, 0.25) is 0 Å². The third kappa shape index (κ3) is 2.47. The van der Waals surface area contributed by atoms with Crippen molar-refractivity contribution in [1.82, 2.24) is 10.2 Å². The van der Waals surface area contributed by atoms with E-state index in [2.05, 4.69) is 16.3 Å². The highest BCUT2D eigenvalue weighted by atomic mass is 16.2. The third-order valence-electron chi connectivity index (χ3n) is 5.63. The fourth-order valence-corrected chi connectivity index (χ4v) is 4.43. The van der Waals surface area contributed by atoms with Crippen molar-refractivity contribution in [3.63, 3.8) is 0 Å². The molecule has 2 aliphatic heterocycles. The Morgan fingerprint density at radius 2 is 1.65 bits per heavy atom. The monoisotopic (exact) mass is 274 g/mol. The number of hydrogen-bond acceptors (Lipinski definition) is 1. The van der Waals surface area contributed by atoms with E-state index in [0.29, 0.717) is 18.1 Å². The lowest BCUT2D eigenvalue weighted by Crippen LogP contribution is -2.51. The Hall–Kier alpha value is -0.990. The summed E-state index contributed by atoms with van der Waals surface area (Å²) in [7, 11) is 0. The molecule has 0 aromatic heterocycles. The van der Waals surface area contributed by atoms with E-state index in [-0.39, 0.29) is 6.03 Å². The molecule has 4 rings (SSSR count). The van der Waals surface area contributed by atoms with E-state index in [0.717, 1.165) is 18.8 Å². The van der Waals surface area contributed by atoms with Crippen molar-refractivity contribution >= 4 is 6.03 Å². The number of fused-ring (bicyclic) bond motifs is 2. The second-order valence-electron chi connectivity index (χ2n) is 7.29. The van der Waals surface area contributed by atoms with E-state index in [4.69, 9.17) is 0 Å². The number of carbonyl (C=O) groups is 1. The number of piperidine rings is 1. The van der Waals surface area contributed by atoms with Crippen LogP contribution in [0.4, 0.5) is 4.79 Å². The zero-order valence-corrected chi connectivity index (χ0v) is 12.3. The van der Waals surface area contributed by atoms with Crippen LogP contribution in [0.3, 0.4) is 0 Å². The molecule has 3 nitrogen and oxygen atoms in total. The fraction of sp³-hybridized carbons (Fsp3) is 0.824. The summed E-state index contributed by atoms with van der Waals surface area (Å²) in [5.41, 5.74) is 1.64. The number of nitrogens with one attached hydrogen (secondary N) is 1. The summed E-state index contributed by atoms with van der Waals surface area (Å²) >= 11 is 0. The van der Waals surface area contributed by atoms with Crippen LogP contribution in [0.5, 0.6) is 0 Å². The molecule has 4 aliphatic rings. The van der Waals surface area contributed by atoms with Crippen LogP contribution in [0.1, 0.15) is 64.2 Å². The summed E-state index contributed by atoms with van der Waals surface area (Å²) in [6.45, 7) is 0. The molecule has 1 N–H and O–H groups in total. The molecule has 2 amide bonds. The van der Waals surface area contributed by atoms with Crippen LogP contribution in [-0.4, -0.2) is 29.1 Å². The summed E-state index contributed by atoms with van der Waals surface area (Å²) in [5.74, 6) is 0.878. The van der Waals surface area contributed by atoms with Crippen molar-refractivity contribution in [1.29, 1.82) is 0 Å². The molecule has 2 saturated carbocycles. The van der Waals surface area contributed by atoms with Gasteiger partial charge in [0.15, 0.2) is 0 Å². The first kappa shape index (κ1) is 12.7. The first-order valence-corrected chi connectivity index (χ1v) is 8.58. The van der Waals surface area contributed by atoms with Crippen molar-refractivity contribution in [3.8, 4) is 0 Å². The van der Waals surface area contributed by atoms with Gasteiger partial charge < -0.3 is 10.2 Å².